The number of nitrogen functional groups attached to an aromatic ring is 1. The highest BCUT2D eigenvalue weighted by Gasteiger charge is 2.14. The molecule has 0 saturated heterocycles. The Kier molecular flexibility index (Phi) is 2.63. The fraction of sp³-hybridized carbons (Fsp3) is 0. The van der Waals surface area contributed by atoms with Crippen LogP contribution in [0.1, 0.15) is 16.2 Å². The molecule has 2 heterocycles. The number of aromatic nitrogens is 3. The van der Waals surface area contributed by atoms with Crippen LogP contribution in [0.25, 0.3) is 0 Å². The van der Waals surface area contributed by atoms with Crippen LogP contribution < -0.4 is 11.2 Å². The van der Waals surface area contributed by atoms with E-state index in [0.717, 1.165) is 5.69 Å². The SMILES string of the molecule is Nc1nonc1C(=O)N/N=C/c1ccc[nH]1. The molecule has 0 aliphatic heterocycles. The fourth-order valence-electron chi connectivity index (χ4n) is 0.991. The highest BCUT2D eigenvalue weighted by Crippen LogP contribution is 2.02. The molecular formula is C8H8N6O2. The second kappa shape index (κ2) is 4.26. The maximum Gasteiger partial charge on any atom is 0.297 e. The van der Waals surface area contributed by atoms with Gasteiger partial charge < -0.3 is 10.7 Å². The summed E-state index contributed by atoms with van der Waals surface area (Å²) in [5, 5.41) is 10.3. The number of carbonyl (C=O) groups excluding carboxylic acids is 1. The second-order valence-electron chi connectivity index (χ2n) is 2.82. The number of nitrogens with two attached hydrogens (primary N) is 1. The van der Waals surface area contributed by atoms with E-state index in [4.69, 9.17) is 5.73 Å². The summed E-state index contributed by atoms with van der Waals surface area (Å²) in [6, 6.07) is 3.60. The highest BCUT2D eigenvalue weighted by atomic mass is 16.6. The third-order valence-electron chi connectivity index (χ3n) is 1.72. The molecule has 0 bridgehead atoms. The number of nitrogens with zero attached hydrogens (tertiary/aromatic N) is 3. The first-order valence-corrected chi connectivity index (χ1v) is 4.32. The fourth-order valence-corrected chi connectivity index (χ4v) is 0.991. The molecule has 0 aromatic carbocycles. The predicted molar refractivity (Wildman–Crippen MR) is 54.6 cm³/mol. The Morgan fingerprint density at radius 1 is 1.62 bits per heavy atom. The van der Waals surface area contributed by atoms with E-state index in [-0.39, 0.29) is 11.5 Å². The molecule has 0 unspecified atom stereocenters. The highest BCUT2D eigenvalue weighted by molar-refractivity contribution is 5.96. The van der Waals surface area contributed by atoms with Gasteiger partial charge >= 0.3 is 0 Å². The molecule has 8 nitrogen and oxygen atoms in total. The summed E-state index contributed by atoms with van der Waals surface area (Å²) in [6.45, 7) is 0. The normalized spacial score (nSPS) is 10.8. The number of nitrogens with one attached hydrogen (secondary N) is 2. The first-order chi connectivity index (χ1) is 7.77. The Hall–Kier alpha value is -2.64. The third-order valence-corrected chi connectivity index (χ3v) is 1.72. The van der Waals surface area contributed by atoms with Crippen LogP contribution in [0.15, 0.2) is 28.1 Å². The average Bonchev–Trinajstić information content (AvgIpc) is 2.88. The summed E-state index contributed by atoms with van der Waals surface area (Å²) >= 11 is 0. The van der Waals surface area contributed by atoms with Crippen LogP contribution in [0.5, 0.6) is 0 Å². The van der Waals surface area contributed by atoms with Crippen molar-refractivity contribution in [2.24, 2.45) is 5.10 Å². The van der Waals surface area contributed by atoms with E-state index in [1.807, 2.05) is 6.07 Å². The van der Waals surface area contributed by atoms with Gasteiger partial charge in [0.25, 0.3) is 5.91 Å². The maximum atomic E-state index is 11.4. The summed E-state index contributed by atoms with van der Waals surface area (Å²) < 4.78 is 4.27. The lowest BCUT2D eigenvalue weighted by Crippen LogP contribution is -2.19. The Morgan fingerprint density at radius 2 is 2.50 bits per heavy atom. The predicted octanol–water partition coefficient (Wildman–Crippen LogP) is -0.256. The number of anilines is 1. The van der Waals surface area contributed by atoms with Crippen LogP contribution >= 0.6 is 0 Å². The smallest absolute Gasteiger partial charge is 0.297 e. The number of hydrogen-bond acceptors (Lipinski definition) is 6. The number of amides is 1. The zero-order valence-corrected chi connectivity index (χ0v) is 8.04. The molecular weight excluding hydrogens is 212 g/mol. The molecule has 0 spiro atoms. The molecule has 1 amide bonds. The molecule has 0 radical (unpaired) electrons. The molecule has 0 atom stereocenters. The molecule has 0 fully saturated rings. The van der Waals surface area contributed by atoms with Crippen molar-refractivity contribution < 1.29 is 9.42 Å². The molecule has 4 N–H and O–H groups in total. The number of hydrazone groups is 1. The van der Waals surface area contributed by atoms with Crippen molar-refractivity contribution in [3.8, 4) is 0 Å². The van der Waals surface area contributed by atoms with Crippen LogP contribution in [0, 0.1) is 0 Å². The van der Waals surface area contributed by atoms with E-state index in [1.165, 1.54) is 6.21 Å². The van der Waals surface area contributed by atoms with Gasteiger partial charge in [-0.05, 0) is 22.4 Å². The molecule has 82 valence electrons. The van der Waals surface area contributed by atoms with E-state index in [2.05, 4.69) is 30.5 Å². The van der Waals surface area contributed by atoms with Gasteiger partial charge in [0.15, 0.2) is 0 Å². The van der Waals surface area contributed by atoms with Crippen LogP contribution in [0.3, 0.4) is 0 Å². The first kappa shape index (κ1) is 9.90. The third kappa shape index (κ3) is 2.05. The molecule has 16 heavy (non-hydrogen) atoms. The van der Waals surface area contributed by atoms with Crippen molar-refractivity contribution in [2.75, 3.05) is 5.73 Å². The van der Waals surface area contributed by atoms with E-state index in [9.17, 15) is 4.79 Å². The van der Waals surface area contributed by atoms with Crippen molar-refractivity contribution in [3.05, 3.63) is 29.7 Å². The lowest BCUT2D eigenvalue weighted by atomic mass is 10.4. The summed E-state index contributed by atoms with van der Waals surface area (Å²) in [6.07, 6.45) is 3.18. The van der Waals surface area contributed by atoms with Gasteiger partial charge in [-0.3, -0.25) is 4.79 Å². The lowest BCUT2D eigenvalue weighted by molar-refractivity contribution is 0.0946. The first-order valence-electron chi connectivity index (χ1n) is 4.32. The summed E-state index contributed by atoms with van der Waals surface area (Å²) in [7, 11) is 0. The van der Waals surface area contributed by atoms with E-state index in [1.54, 1.807) is 12.3 Å². The van der Waals surface area contributed by atoms with E-state index >= 15 is 0 Å². The summed E-state index contributed by atoms with van der Waals surface area (Å²) in [4.78, 5) is 14.3. The lowest BCUT2D eigenvalue weighted by Gasteiger charge is -1.93. The van der Waals surface area contributed by atoms with Crippen LogP contribution in [-0.2, 0) is 0 Å². The Labute approximate surface area is 89.5 Å². The van der Waals surface area contributed by atoms with Crippen molar-refractivity contribution in [1.29, 1.82) is 0 Å². The van der Waals surface area contributed by atoms with Crippen molar-refractivity contribution in [1.82, 2.24) is 20.7 Å². The van der Waals surface area contributed by atoms with Gasteiger partial charge in [0, 0.05) is 6.20 Å². The summed E-state index contributed by atoms with van der Waals surface area (Å²) in [5.74, 6) is -0.658. The number of rotatable bonds is 3. The molecule has 2 rings (SSSR count). The number of carbonyl (C=O) groups is 1. The van der Waals surface area contributed by atoms with E-state index in [0.29, 0.717) is 0 Å². The summed E-state index contributed by atoms with van der Waals surface area (Å²) in [5.41, 5.74) is 8.22. The number of H-pyrrole nitrogens is 1. The van der Waals surface area contributed by atoms with Crippen LogP contribution in [0.2, 0.25) is 0 Å². The minimum Gasteiger partial charge on any atom is -0.379 e. The van der Waals surface area contributed by atoms with Gasteiger partial charge in [-0.15, -0.1) is 0 Å². The van der Waals surface area contributed by atoms with Crippen molar-refractivity contribution in [2.45, 2.75) is 0 Å². The van der Waals surface area contributed by atoms with Gasteiger partial charge in [-0.25, -0.2) is 10.1 Å². The van der Waals surface area contributed by atoms with Crippen molar-refractivity contribution >= 4 is 17.9 Å². The van der Waals surface area contributed by atoms with Crippen LogP contribution in [0.4, 0.5) is 5.82 Å². The standard InChI is InChI=1S/C8H8N6O2/c9-7-6(13-16-14-7)8(15)12-11-4-5-2-1-3-10-5/h1-4,10H,(H2,9,14)(H,12,15)/b11-4+. The molecule has 8 heteroatoms. The minimum atomic E-state index is -0.582. The largest absolute Gasteiger partial charge is 0.379 e. The minimum absolute atomic E-state index is 0.0763. The molecule has 0 aliphatic carbocycles. The topological polar surface area (TPSA) is 122 Å². The zero-order chi connectivity index (χ0) is 11.4. The van der Waals surface area contributed by atoms with Gasteiger partial charge in [-0.2, -0.15) is 5.10 Å². The van der Waals surface area contributed by atoms with Gasteiger partial charge in [0.05, 0.1) is 11.9 Å². The molecule has 0 saturated carbocycles. The van der Waals surface area contributed by atoms with Crippen molar-refractivity contribution in [3.63, 3.8) is 0 Å². The second-order valence-corrected chi connectivity index (χ2v) is 2.82. The van der Waals surface area contributed by atoms with Gasteiger partial charge in [0.1, 0.15) is 0 Å². The van der Waals surface area contributed by atoms with E-state index < -0.39 is 5.91 Å². The van der Waals surface area contributed by atoms with Crippen LogP contribution in [-0.4, -0.2) is 27.4 Å². The maximum absolute atomic E-state index is 11.4. The van der Waals surface area contributed by atoms with Gasteiger partial charge in [0.2, 0.25) is 11.5 Å². The quantitative estimate of drug-likeness (QED) is 0.486. The Bertz CT molecular complexity index is 500. The molecule has 0 aliphatic rings. The number of aromatic amines is 1. The number of hydrogen-bond donors (Lipinski definition) is 3. The Morgan fingerprint density at radius 3 is 3.12 bits per heavy atom. The molecule has 2 aromatic rings. The van der Waals surface area contributed by atoms with Gasteiger partial charge in [-0.1, -0.05) is 0 Å². The monoisotopic (exact) mass is 220 g/mol. The Balaban J connectivity index is 1.97. The molecule has 2 aromatic heterocycles. The zero-order valence-electron chi connectivity index (χ0n) is 8.04. The average molecular weight is 220 g/mol.